The van der Waals surface area contributed by atoms with E-state index in [4.69, 9.17) is 5.73 Å². The molecule has 2 atom stereocenters. The second-order valence-electron chi connectivity index (χ2n) is 4.10. The Morgan fingerprint density at radius 1 is 1.62 bits per heavy atom. The van der Waals surface area contributed by atoms with Crippen molar-refractivity contribution in [3.63, 3.8) is 0 Å². The van der Waals surface area contributed by atoms with Gasteiger partial charge in [0.15, 0.2) is 0 Å². The largest absolute Gasteiger partial charge is 0.354 e. The van der Waals surface area contributed by atoms with Crippen LogP contribution >= 0.6 is 0 Å². The molecule has 2 unspecified atom stereocenters. The van der Waals surface area contributed by atoms with E-state index >= 15 is 0 Å². The Bertz CT molecular complexity index is 178. The number of carbonyl (C=O) groups excluding carboxylic acids is 1. The number of carbonyl (C=O) groups is 1. The molecule has 0 aromatic heterocycles. The standard InChI is InChI=1S/C10H20N2O/c1-3-7(2)9(11)10(13)12-6-8-4-5-8/h7-9H,3-6,11H2,1-2H3,(H,12,13). The summed E-state index contributed by atoms with van der Waals surface area (Å²) in [6.45, 7) is 4.89. The summed E-state index contributed by atoms with van der Waals surface area (Å²) in [6, 6.07) is -0.330. The Hall–Kier alpha value is -0.570. The van der Waals surface area contributed by atoms with Gasteiger partial charge in [-0.1, -0.05) is 20.3 Å². The summed E-state index contributed by atoms with van der Waals surface area (Å²) in [5.41, 5.74) is 5.77. The number of hydrogen-bond acceptors (Lipinski definition) is 2. The van der Waals surface area contributed by atoms with Crippen LogP contribution in [-0.4, -0.2) is 18.5 Å². The van der Waals surface area contributed by atoms with Crippen molar-refractivity contribution in [2.75, 3.05) is 6.54 Å². The molecule has 1 amide bonds. The maximum atomic E-state index is 11.4. The molecule has 3 nitrogen and oxygen atoms in total. The molecule has 1 rings (SSSR count). The Balaban J connectivity index is 2.19. The van der Waals surface area contributed by atoms with Crippen LogP contribution in [0.25, 0.3) is 0 Å². The highest BCUT2D eigenvalue weighted by molar-refractivity contribution is 5.81. The van der Waals surface area contributed by atoms with Crippen molar-refractivity contribution in [1.29, 1.82) is 0 Å². The summed E-state index contributed by atoms with van der Waals surface area (Å²) in [4.78, 5) is 11.4. The molecule has 13 heavy (non-hydrogen) atoms. The van der Waals surface area contributed by atoms with Gasteiger partial charge >= 0.3 is 0 Å². The van der Waals surface area contributed by atoms with Crippen molar-refractivity contribution in [1.82, 2.24) is 5.32 Å². The van der Waals surface area contributed by atoms with Crippen LogP contribution in [0.15, 0.2) is 0 Å². The maximum Gasteiger partial charge on any atom is 0.237 e. The molecule has 0 bridgehead atoms. The van der Waals surface area contributed by atoms with Gasteiger partial charge < -0.3 is 11.1 Å². The number of nitrogens with two attached hydrogens (primary N) is 1. The van der Waals surface area contributed by atoms with E-state index < -0.39 is 0 Å². The van der Waals surface area contributed by atoms with Crippen LogP contribution in [0.5, 0.6) is 0 Å². The van der Waals surface area contributed by atoms with Gasteiger partial charge in [0, 0.05) is 6.54 Å². The SMILES string of the molecule is CCC(C)C(N)C(=O)NCC1CC1. The van der Waals surface area contributed by atoms with Crippen LogP contribution < -0.4 is 11.1 Å². The molecule has 0 saturated heterocycles. The molecule has 0 spiro atoms. The van der Waals surface area contributed by atoms with E-state index in [-0.39, 0.29) is 17.9 Å². The van der Waals surface area contributed by atoms with Gasteiger partial charge in [-0.25, -0.2) is 0 Å². The zero-order valence-corrected chi connectivity index (χ0v) is 8.55. The van der Waals surface area contributed by atoms with Crippen molar-refractivity contribution < 1.29 is 4.79 Å². The lowest BCUT2D eigenvalue weighted by Gasteiger charge is -2.17. The van der Waals surface area contributed by atoms with E-state index in [2.05, 4.69) is 12.2 Å². The Morgan fingerprint density at radius 3 is 2.69 bits per heavy atom. The first-order valence-corrected chi connectivity index (χ1v) is 5.18. The van der Waals surface area contributed by atoms with Gasteiger partial charge in [-0.2, -0.15) is 0 Å². The van der Waals surface area contributed by atoms with Gasteiger partial charge in [-0.05, 0) is 24.7 Å². The van der Waals surface area contributed by atoms with Crippen LogP contribution in [0.4, 0.5) is 0 Å². The monoisotopic (exact) mass is 184 g/mol. The van der Waals surface area contributed by atoms with Crippen LogP contribution in [0.3, 0.4) is 0 Å². The molecule has 0 heterocycles. The van der Waals surface area contributed by atoms with Crippen LogP contribution in [0.2, 0.25) is 0 Å². The Morgan fingerprint density at radius 2 is 2.23 bits per heavy atom. The predicted molar refractivity (Wildman–Crippen MR) is 53.2 cm³/mol. The molecule has 1 fully saturated rings. The summed E-state index contributed by atoms with van der Waals surface area (Å²) in [6.07, 6.45) is 3.48. The lowest BCUT2D eigenvalue weighted by molar-refractivity contribution is -0.123. The van der Waals surface area contributed by atoms with E-state index in [9.17, 15) is 4.79 Å². The number of rotatable bonds is 5. The molecular formula is C10H20N2O. The van der Waals surface area contributed by atoms with Crippen molar-refractivity contribution in [3.05, 3.63) is 0 Å². The van der Waals surface area contributed by atoms with Crippen molar-refractivity contribution in [2.24, 2.45) is 17.6 Å². The zero-order valence-electron chi connectivity index (χ0n) is 8.55. The fourth-order valence-corrected chi connectivity index (χ4v) is 1.20. The average molecular weight is 184 g/mol. The molecule has 1 aliphatic rings. The van der Waals surface area contributed by atoms with E-state index in [1.54, 1.807) is 0 Å². The lowest BCUT2D eigenvalue weighted by atomic mass is 9.99. The summed E-state index contributed by atoms with van der Waals surface area (Å²) in [5, 5.41) is 2.90. The minimum atomic E-state index is -0.330. The molecule has 76 valence electrons. The van der Waals surface area contributed by atoms with E-state index in [1.165, 1.54) is 12.8 Å². The molecule has 0 radical (unpaired) electrons. The van der Waals surface area contributed by atoms with Gasteiger partial charge in [0.1, 0.15) is 0 Å². The summed E-state index contributed by atoms with van der Waals surface area (Å²) in [5.74, 6) is 1.02. The highest BCUT2D eigenvalue weighted by atomic mass is 16.2. The topological polar surface area (TPSA) is 55.1 Å². The van der Waals surface area contributed by atoms with Gasteiger partial charge in [-0.3, -0.25) is 4.79 Å². The van der Waals surface area contributed by atoms with Gasteiger partial charge in [0.25, 0.3) is 0 Å². The van der Waals surface area contributed by atoms with E-state index in [0.29, 0.717) is 0 Å². The minimum absolute atomic E-state index is 0.0150. The van der Waals surface area contributed by atoms with Gasteiger partial charge in [-0.15, -0.1) is 0 Å². The van der Waals surface area contributed by atoms with Crippen LogP contribution in [-0.2, 0) is 4.79 Å². The molecule has 3 heteroatoms. The summed E-state index contributed by atoms with van der Waals surface area (Å²) >= 11 is 0. The number of hydrogen-bond donors (Lipinski definition) is 2. The van der Waals surface area contributed by atoms with Crippen LogP contribution in [0, 0.1) is 11.8 Å². The molecule has 0 aromatic rings. The molecule has 3 N–H and O–H groups in total. The Labute approximate surface area is 80.1 Å². The number of amides is 1. The first kappa shape index (κ1) is 10.5. The van der Waals surface area contributed by atoms with E-state index in [0.717, 1.165) is 18.9 Å². The molecular weight excluding hydrogens is 164 g/mol. The smallest absolute Gasteiger partial charge is 0.237 e. The fourth-order valence-electron chi connectivity index (χ4n) is 1.20. The van der Waals surface area contributed by atoms with Gasteiger partial charge in [0.2, 0.25) is 5.91 Å². The maximum absolute atomic E-state index is 11.4. The van der Waals surface area contributed by atoms with E-state index in [1.807, 2.05) is 6.92 Å². The highest BCUT2D eigenvalue weighted by Crippen LogP contribution is 2.27. The number of nitrogens with one attached hydrogen (secondary N) is 1. The molecule has 0 aliphatic heterocycles. The zero-order chi connectivity index (χ0) is 9.84. The quantitative estimate of drug-likeness (QED) is 0.666. The van der Waals surface area contributed by atoms with Gasteiger partial charge in [0.05, 0.1) is 6.04 Å². The van der Waals surface area contributed by atoms with Crippen molar-refractivity contribution >= 4 is 5.91 Å². The fraction of sp³-hybridized carbons (Fsp3) is 0.900. The lowest BCUT2D eigenvalue weighted by Crippen LogP contribution is -2.45. The van der Waals surface area contributed by atoms with Crippen molar-refractivity contribution in [3.8, 4) is 0 Å². The molecule has 0 aromatic carbocycles. The third-order valence-electron chi connectivity index (χ3n) is 2.82. The Kier molecular flexibility index (Phi) is 3.72. The predicted octanol–water partition coefficient (Wildman–Crippen LogP) is 0.886. The second-order valence-corrected chi connectivity index (χ2v) is 4.10. The first-order chi connectivity index (χ1) is 6.15. The summed E-state index contributed by atoms with van der Waals surface area (Å²) < 4.78 is 0. The van der Waals surface area contributed by atoms with Crippen molar-refractivity contribution in [2.45, 2.75) is 39.2 Å². The highest BCUT2D eigenvalue weighted by Gasteiger charge is 2.24. The molecule has 1 saturated carbocycles. The third-order valence-corrected chi connectivity index (χ3v) is 2.82. The normalized spacial score (nSPS) is 20.8. The first-order valence-electron chi connectivity index (χ1n) is 5.18. The minimum Gasteiger partial charge on any atom is -0.354 e. The molecule has 1 aliphatic carbocycles. The second kappa shape index (κ2) is 4.61. The average Bonchev–Trinajstić information content (AvgIpc) is 2.95. The van der Waals surface area contributed by atoms with Crippen LogP contribution in [0.1, 0.15) is 33.1 Å². The third kappa shape index (κ3) is 3.35. The summed E-state index contributed by atoms with van der Waals surface area (Å²) in [7, 11) is 0.